The van der Waals surface area contributed by atoms with E-state index in [0.29, 0.717) is 0 Å². The van der Waals surface area contributed by atoms with Crippen LogP contribution in [-0.2, 0) is 19.1 Å². The second kappa shape index (κ2) is 5.08. The van der Waals surface area contributed by atoms with E-state index in [1.807, 2.05) is 0 Å². The van der Waals surface area contributed by atoms with Crippen molar-refractivity contribution in [1.82, 2.24) is 0 Å². The van der Waals surface area contributed by atoms with Crippen LogP contribution in [0.2, 0.25) is 0 Å². The average Bonchev–Trinajstić information content (AvgIpc) is 1.98. The molecule has 0 amide bonds. The zero-order valence-corrected chi connectivity index (χ0v) is 7.36. The van der Waals surface area contributed by atoms with Gasteiger partial charge in [0.2, 0.25) is 0 Å². The van der Waals surface area contributed by atoms with E-state index < -0.39 is 11.9 Å². The number of carbonyl (C=O) groups excluding carboxylic acids is 2. The summed E-state index contributed by atoms with van der Waals surface area (Å²) in [7, 11) is 0. The van der Waals surface area contributed by atoms with Gasteiger partial charge < -0.3 is 9.84 Å². The van der Waals surface area contributed by atoms with E-state index in [-0.39, 0.29) is 17.8 Å². The van der Waals surface area contributed by atoms with Crippen LogP contribution in [0.5, 0.6) is 0 Å². The van der Waals surface area contributed by atoms with E-state index in [4.69, 9.17) is 5.11 Å². The summed E-state index contributed by atoms with van der Waals surface area (Å²) in [5, 5.41) is 8.35. The predicted molar refractivity (Wildman–Crippen MR) is 42.8 cm³/mol. The smallest absolute Gasteiger partial charge is 0.334 e. The molecule has 5 heteroatoms. The molecule has 0 spiro atoms. The van der Waals surface area contributed by atoms with E-state index in [1.165, 1.54) is 13.8 Å². The highest BCUT2D eigenvalue weighted by molar-refractivity contribution is 5.94. The number of ketones is 1. The molecule has 0 fully saturated rings. The summed E-state index contributed by atoms with van der Waals surface area (Å²) in [4.78, 5) is 31.3. The van der Waals surface area contributed by atoms with Gasteiger partial charge in [-0.05, 0) is 13.8 Å². The lowest BCUT2D eigenvalue weighted by atomic mass is 10.3. The maximum atomic E-state index is 10.7. The highest BCUT2D eigenvalue weighted by atomic mass is 16.5. The molecule has 0 heterocycles. The van der Waals surface area contributed by atoms with Crippen LogP contribution in [0, 0.1) is 0 Å². The van der Waals surface area contributed by atoms with Gasteiger partial charge in [-0.1, -0.05) is 0 Å². The second-order valence-corrected chi connectivity index (χ2v) is 2.47. The quantitative estimate of drug-likeness (QED) is 0.299. The lowest BCUT2D eigenvalue weighted by Gasteiger charge is -1.96. The molecule has 0 bridgehead atoms. The zero-order chi connectivity index (χ0) is 10.4. The molecule has 0 aromatic heterocycles. The molecule has 72 valence electrons. The monoisotopic (exact) mass is 186 g/mol. The van der Waals surface area contributed by atoms with Crippen LogP contribution >= 0.6 is 0 Å². The van der Waals surface area contributed by atoms with E-state index in [1.54, 1.807) is 0 Å². The van der Waals surface area contributed by atoms with Crippen molar-refractivity contribution in [3.63, 3.8) is 0 Å². The first-order chi connectivity index (χ1) is 5.93. The van der Waals surface area contributed by atoms with E-state index in [2.05, 4.69) is 4.74 Å². The molecule has 0 saturated carbocycles. The first kappa shape index (κ1) is 11.4. The Labute approximate surface area is 75.0 Å². The summed E-state index contributed by atoms with van der Waals surface area (Å²) in [5.74, 6) is -2.25. The number of aliphatic carboxylic acids is 1. The molecular formula is C8H10O5. The molecule has 0 atom stereocenters. The Morgan fingerprint density at radius 2 is 1.85 bits per heavy atom. The van der Waals surface area contributed by atoms with Crippen LogP contribution < -0.4 is 0 Å². The van der Waals surface area contributed by atoms with Crippen LogP contribution in [0.1, 0.15) is 20.3 Å². The summed E-state index contributed by atoms with van der Waals surface area (Å²) in [6, 6.07) is 0. The van der Waals surface area contributed by atoms with Crippen molar-refractivity contribution in [1.29, 1.82) is 0 Å². The number of rotatable bonds is 4. The fraction of sp³-hybridized carbons (Fsp3) is 0.375. The highest BCUT2D eigenvalue weighted by Crippen LogP contribution is 1.95. The standard InChI is InChI=1S/C8H10O5/c1-5(8(11)12)4-13-7(10)3-6(2)9/h4H,3H2,1-2H3,(H,11,12). The minimum absolute atomic E-state index is 0.100. The normalized spacial score (nSPS) is 10.8. The number of carbonyl (C=O) groups is 3. The Kier molecular flexibility index (Phi) is 4.43. The molecule has 0 rings (SSSR count). The summed E-state index contributed by atoms with van der Waals surface area (Å²) in [5.41, 5.74) is -0.100. The lowest BCUT2D eigenvalue weighted by Crippen LogP contribution is -2.06. The third-order valence-corrected chi connectivity index (χ3v) is 1.10. The summed E-state index contributed by atoms with van der Waals surface area (Å²) >= 11 is 0. The third kappa shape index (κ3) is 5.60. The molecule has 0 aromatic carbocycles. The molecule has 0 radical (unpaired) electrons. The maximum absolute atomic E-state index is 10.7. The number of carboxylic acids is 1. The second-order valence-electron chi connectivity index (χ2n) is 2.47. The van der Waals surface area contributed by atoms with Crippen molar-refractivity contribution >= 4 is 17.7 Å². The Balaban J connectivity index is 4.02. The van der Waals surface area contributed by atoms with E-state index >= 15 is 0 Å². The van der Waals surface area contributed by atoms with Gasteiger partial charge in [0.05, 0.1) is 5.57 Å². The SMILES string of the molecule is CC(=O)CC(=O)OC=C(C)C(=O)O. The van der Waals surface area contributed by atoms with Crippen molar-refractivity contribution in [3.8, 4) is 0 Å². The Bertz CT molecular complexity index is 264. The molecule has 0 aliphatic rings. The molecule has 0 unspecified atom stereocenters. The van der Waals surface area contributed by atoms with Crippen LogP contribution in [0.15, 0.2) is 11.8 Å². The highest BCUT2D eigenvalue weighted by Gasteiger charge is 2.06. The predicted octanol–water partition coefficient (Wildman–Crippen LogP) is 0.497. The van der Waals surface area contributed by atoms with Crippen LogP contribution in [0.25, 0.3) is 0 Å². The number of ether oxygens (including phenoxy) is 1. The van der Waals surface area contributed by atoms with Gasteiger partial charge in [-0.2, -0.15) is 0 Å². The molecule has 0 aliphatic heterocycles. The van der Waals surface area contributed by atoms with Crippen molar-refractivity contribution in [2.75, 3.05) is 0 Å². The van der Waals surface area contributed by atoms with Crippen molar-refractivity contribution in [3.05, 3.63) is 11.8 Å². The third-order valence-electron chi connectivity index (χ3n) is 1.10. The van der Waals surface area contributed by atoms with Crippen molar-refractivity contribution < 1.29 is 24.2 Å². The van der Waals surface area contributed by atoms with Gasteiger partial charge in [-0.3, -0.25) is 9.59 Å². The number of Topliss-reactive ketones (excluding diaryl/α,β-unsaturated/α-hetero) is 1. The molecule has 0 saturated heterocycles. The largest absolute Gasteiger partial charge is 0.478 e. The Hall–Kier alpha value is -1.65. The Morgan fingerprint density at radius 1 is 1.31 bits per heavy atom. The minimum Gasteiger partial charge on any atom is -0.478 e. The molecule has 1 N–H and O–H groups in total. The van der Waals surface area contributed by atoms with Crippen molar-refractivity contribution in [2.24, 2.45) is 0 Å². The first-order valence-electron chi connectivity index (χ1n) is 3.52. The van der Waals surface area contributed by atoms with Gasteiger partial charge in [0.25, 0.3) is 0 Å². The fourth-order valence-corrected chi connectivity index (χ4v) is 0.449. The van der Waals surface area contributed by atoms with Gasteiger partial charge in [-0.15, -0.1) is 0 Å². The van der Waals surface area contributed by atoms with Gasteiger partial charge in [0, 0.05) is 0 Å². The van der Waals surface area contributed by atoms with Crippen LogP contribution in [0.4, 0.5) is 0 Å². The number of hydrogen-bond donors (Lipinski definition) is 1. The lowest BCUT2D eigenvalue weighted by molar-refractivity contribution is -0.140. The van der Waals surface area contributed by atoms with Gasteiger partial charge in [0.15, 0.2) is 0 Å². The van der Waals surface area contributed by atoms with Gasteiger partial charge >= 0.3 is 11.9 Å². The fourth-order valence-electron chi connectivity index (χ4n) is 0.449. The van der Waals surface area contributed by atoms with E-state index in [0.717, 1.165) is 6.26 Å². The molecule has 0 aliphatic carbocycles. The number of hydrogen-bond acceptors (Lipinski definition) is 4. The summed E-state index contributed by atoms with van der Waals surface area (Å²) < 4.78 is 4.37. The minimum atomic E-state index is -1.17. The maximum Gasteiger partial charge on any atom is 0.334 e. The molecular weight excluding hydrogens is 176 g/mol. The molecule has 0 aromatic rings. The topological polar surface area (TPSA) is 80.7 Å². The van der Waals surface area contributed by atoms with Gasteiger partial charge in [-0.25, -0.2) is 4.79 Å². The first-order valence-corrected chi connectivity index (χ1v) is 3.52. The summed E-state index contributed by atoms with van der Waals surface area (Å²) in [6.07, 6.45) is 0.469. The number of carboxylic acid groups (broad SMARTS) is 1. The van der Waals surface area contributed by atoms with Crippen LogP contribution in [0.3, 0.4) is 0 Å². The molecule has 5 nitrogen and oxygen atoms in total. The Morgan fingerprint density at radius 3 is 2.23 bits per heavy atom. The molecule has 13 heavy (non-hydrogen) atoms. The average molecular weight is 186 g/mol. The van der Waals surface area contributed by atoms with Crippen molar-refractivity contribution in [2.45, 2.75) is 20.3 Å². The summed E-state index contributed by atoms with van der Waals surface area (Å²) in [6.45, 7) is 2.53. The number of esters is 1. The van der Waals surface area contributed by atoms with Gasteiger partial charge in [0.1, 0.15) is 18.5 Å². The zero-order valence-electron chi connectivity index (χ0n) is 7.36. The van der Waals surface area contributed by atoms with E-state index in [9.17, 15) is 14.4 Å². The van der Waals surface area contributed by atoms with Crippen LogP contribution in [-0.4, -0.2) is 22.8 Å².